The highest BCUT2D eigenvalue weighted by molar-refractivity contribution is 5.95. The molecule has 1 fully saturated rings. The summed E-state index contributed by atoms with van der Waals surface area (Å²) >= 11 is 0. The number of carbonyl (C=O) groups is 1. The number of nitrogens with zero attached hydrogens (tertiary/aromatic N) is 1. The number of nitrogens with one attached hydrogen (secondary N) is 2. The molecule has 1 aromatic rings. The number of carbonyl (C=O) groups excluding carboxylic acids is 1. The van der Waals surface area contributed by atoms with Crippen LogP contribution in [0.5, 0.6) is 0 Å². The van der Waals surface area contributed by atoms with Crippen LogP contribution in [0.4, 0.5) is 5.82 Å². The van der Waals surface area contributed by atoms with E-state index in [1.165, 1.54) is 6.42 Å². The van der Waals surface area contributed by atoms with E-state index in [1.54, 1.807) is 0 Å². The van der Waals surface area contributed by atoms with E-state index in [-0.39, 0.29) is 11.4 Å². The Hall–Kier alpha value is -1.58. The van der Waals surface area contributed by atoms with Crippen LogP contribution in [-0.2, 0) is 6.42 Å². The Morgan fingerprint density at radius 1 is 1.30 bits per heavy atom. The lowest BCUT2D eigenvalue weighted by molar-refractivity contribution is 0.0820. The third-order valence-electron chi connectivity index (χ3n) is 4.23. The van der Waals surface area contributed by atoms with Gasteiger partial charge in [-0.05, 0) is 51.2 Å². The van der Waals surface area contributed by atoms with Crippen molar-refractivity contribution in [2.24, 2.45) is 0 Å². The maximum absolute atomic E-state index is 12.5. The number of rotatable bonds is 6. The predicted octanol–water partition coefficient (Wildman–Crippen LogP) is 3.14. The fourth-order valence-corrected chi connectivity index (χ4v) is 2.66. The molecule has 4 nitrogen and oxygen atoms in total. The summed E-state index contributed by atoms with van der Waals surface area (Å²) in [5.41, 5.74) is 1.70. The van der Waals surface area contributed by atoms with Gasteiger partial charge in [0.25, 0.3) is 5.91 Å². The molecule has 0 bridgehead atoms. The van der Waals surface area contributed by atoms with E-state index >= 15 is 0 Å². The summed E-state index contributed by atoms with van der Waals surface area (Å²) in [4.78, 5) is 17.0. The van der Waals surface area contributed by atoms with Crippen molar-refractivity contribution in [1.29, 1.82) is 0 Å². The van der Waals surface area contributed by atoms with Crippen LogP contribution in [0.1, 0.15) is 62.5 Å². The largest absolute Gasteiger partial charge is 0.370 e. The Morgan fingerprint density at radius 3 is 2.55 bits per heavy atom. The van der Waals surface area contributed by atoms with Crippen molar-refractivity contribution < 1.29 is 4.79 Å². The number of amides is 1. The SMILES string of the molecule is CCNc1cc(C(=O)NC2(CC)CCC2)cc(CC)n1. The van der Waals surface area contributed by atoms with E-state index in [9.17, 15) is 4.79 Å². The fraction of sp³-hybridized carbons (Fsp3) is 0.625. The molecule has 0 atom stereocenters. The average molecular weight is 275 g/mol. The van der Waals surface area contributed by atoms with E-state index in [0.717, 1.165) is 43.7 Å². The van der Waals surface area contributed by atoms with Gasteiger partial charge >= 0.3 is 0 Å². The molecule has 4 heteroatoms. The zero-order valence-corrected chi connectivity index (χ0v) is 12.8. The van der Waals surface area contributed by atoms with Crippen LogP contribution in [0.15, 0.2) is 12.1 Å². The van der Waals surface area contributed by atoms with Gasteiger partial charge in [0.1, 0.15) is 5.82 Å². The van der Waals surface area contributed by atoms with Crippen molar-refractivity contribution in [3.8, 4) is 0 Å². The average Bonchev–Trinajstić information content (AvgIpc) is 2.42. The number of hydrogen-bond donors (Lipinski definition) is 2. The minimum atomic E-state index is 0.0304. The van der Waals surface area contributed by atoms with Gasteiger partial charge in [0, 0.05) is 23.3 Å². The molecule has 1 aliphatic rings. The Balaban J connectivity index is 2.17. The van der Waals surface area contributed by atoms with Crippen LogP contribution in [0.2, 0.25) is 0 Å². The van der Waals surface area contributed by atoms with Gasteiger partial charge in [-0.1, -0.05) is 13.8 Å². The highest BCUT2D eigenvalue weighted by atomic mass is 16.1. The van der Waals surface area contributed by atoms with Crippen molar-refractivity contribution in [3.05, 3.63) is 23.4 Å². The molecule has 0 unspecified atom stereocenters. The highest BCUT2D eigenvalue weighted by Crippen LogP contribution is 2.34. The van der Waals surface area contributed by atoms with Crippen molar-refractivity contribution in [2.75, 3.05) is 11.9 Å². The maximum atomic E-state index is 12.5. The number of hydrogen-bond acceptors (Lipinski definition) is 3. The second kappa shape index (κ2) is 6.25. The molecule has 110 valence electrons. The van der Waals surface area contributed by atoms with Crippen LogP contribution in [0, 0.1) is 0 Å². The Morgan fingerprint density at radius 2 is 2.05 bits per heavy atom. The lowest BCUT2D eigenvalue weighted by Gasteiger charge is -2.42. The molecular weight excluding hydrogens is 250 g/mol. The number of aryl methyl sites for hydroxylation is 1. The molecule has 0 saturated heterocycles. The van der Waals surface area contributed by atoms with Gasteiger partial charge in [0.15, 0.2) is 0 Å². The van der Waals surface area contributed by atoms with E-state index < -0.39 is 0 Å². The molecule has 2 rings (SSSR count). The normalized spacial score (nSPS) is 16.4. The fourth-order valence-electron chi connectivity index (χ4n) is 2.66. The zero-order valence-electron chi connectivity index (χ0n) is 12.8. The summed E-state index contributed by atoms with van der Waals surface area (Å²) in [6, 6.07) is 3.75. The van der Waals surface area contributed by atoms with Crippen molar-refractivity contribution >= 4 is 11.7 Å². The molecule has 1 amide bonds. The number of pyridine rings is 1. The van der Waals surface area contributed by atoms with Crippen LogP contribution < -0.4 is 10.6 Å². The summed E-state index contributed by atoms with van der Waals surface area (Å²) in [5, 5.41) is 6.41. The topological polar surface area (TPSA) is 54.0 Å². The molecule has 20 heavy (non-hydrogen) atoms. The zero-order chi connectivity index (χ0) is 14.6. The first-order valence-corrected chi connectivity index (χ1v) is 7.70. The van der Waals surface area contributed by atoms with E-state index in [4.69, 9.17) is 0 Å². The Labute approximate surface area is 121 Å². The molecule has 0 radical (unpaired) electrons. The first-order chi connectivity index (χ1) is 9.62. The first-order valence-electron chi connectivity index (χ1n) is 7.70. The van der Waals surface area contributed by atoms with Crippen molar-refractivity contribution in [1.82, 2.24) is 10.3 Å². The quantitative estimate of drug-likeness (QED) is 0.838. The molecule has 1 saturated carbocycles. The minimum absolute atomic E-state index is 0.0304. The van der Waals surface area contributed by atoms with E-state index in [0.29, 0.717) is 5.56 Å². The molecule has 2 N–H and O–H groups in total. The highest BCUT2D eigenvalue weighted by Gasteiger charge is 2.36. The van der Waals surface area contributed by atoms with Gasteiger partial charge in [-0.15, -0.1) is 0 Å². The lowest BCUT2D eigenvalue weighted by Crippen LogP contribution is -2.53. The summed E-state index contributed by atoms with van der Waals surface area (Å²) in [5.74, 6) is 0.818. The van der Waals surface area contributed by atoms with Gasteiger partial charge in [0.2, 0.25) is 0 Å². The van der Waals surface area contributed by atoms with Crippen LogP contribution in [0.3, 0.4) is 0 Å². The molecule has 0 aliphatic heterocycles. The molecule has 1 aliphatic carbocycles. The molecule has 0 aromatic carbocycles. The monoisotopic (exact) mass is 275 g/mol. The lowest BCUT2D eigenvalue weighted by atomic mass is 9.74. The number of aromatic nitrogens is 1. The summed E-state index contributed by atoms with van der Waals surface area (Å²) < 4.78 is 0. The van der Waals surface area contributed by atoms with Crippen molar-refractivity contribution in [2.45, 2.75) is 58.4 Å². The number of anilines is 1. The predicted molar refractivity (Wildman–Crippen MR) is 82.1 cm³/mol. The van der Waals surface area contributed by atoms with Gasteiger partial charge in [-0.3, -0.25) is 4.79 Å². The molecule has 0 spiro atoms. The van der Waals surface area contributed by atoms with E-state index in [2.05, 4.69) is 29.5 Å². The summed E-state index contributed by atoms with van der Waals surface area (Å²) in [7, 11) is 0. The molecular formula is C16H25N3O. The maximum Gasteiger partial charge on any atom is 0.251 e. The minimum Gasteiger partial charge on any atom is -0.370 e. The summed E-state index contributed by atoms with van der Waals surface area (Å²) in [6.07, 6.45) is 5.25. The first kappa shape index (κ1) is 14.8. The standard InChI is InChI=1S/C16H25N3O/c1-4-13-10-12(11-14(18-13)17-6-3)15(20)19-16(5-2)8-7-9-16/h10-11H,4-9H2,1-3H3,(H,17,18)(H,19,20). The molecule has 1 aromatic heterocycles. The summed E-state index contributed by atoms with van der Waals surface area (Å²) in [6.45, 7) is 7.04. The van der Waals surface area contributed by atoms with Gasteiger partial charge in [-0.2, -0.15) is 0 Å². The van der Waals surface area contributed by atoms with Crippen LogP contribution >= 0.6 is 0 Å². The Kier molecular flexibility index (Phi) is 4.63. The van der Waals surface area contributed by atoms with Crippen LogP contribution in [0.25, 0.3) is 0 Å². The van der Waals surface area contributed by atoms with Crippen molar-refractivity contribution in [3.63, 3.8) is 0 Å². The Bertz CT molecular complexity index is 475. The van der Waals surface area contributed by atoms with Gasteiger partial charge in [0.05, 0.1) is 0 Å². The van der Waals surface area contributed by atoms with Gasteiger partial charge in [-0.25, -0.2) is 4.98 Å². The van der Waals surface area contributed by atoms with Crippen LogP contribution in [-0.4, -0.2) is 23.0 Å². The second-order valence-corrected chi connectivity index (χ2v) is 5.56. The second-order valence-electron chi connectivity index (χ2n) is 5.56. The van der Waals surface area contributed by atoms with E-state index in [1.807, 2.05) is 19.1 Å². The smallest absolute Gasteiger partial charge is 0.251 e. The van der Waals surface area contributed by atoms with Gasteiger partial charge < -0.3 is 10.6 Å². The molecule has 1 heterocycles. The third-order valence-corrected chi connectivity index (χ3v) is 4.23. The third kappa shape index (κ3) is 3.11.